The summed E-state index contributed by atoms with van der Waals surface area (Å²) in [5.41, 5.74) is 5.30. The smallest absolute Gasteiger partial charge is 0.240 e. The molecule has 22 heavy (non-hydrogen) atoms. The maximum atomic E-state index is 12.2. The second-order valence-electron chi connectivity index (χ2n) is 5.56. The van der Waals surface area contributed by atoms with Crippen molar-refractivity contribution in [2.24, 2.45) is 5.73 Å². The fraction of sp³-hybridized carbons (Fsp3) is 0.562. The minimum atomic E-state index is -0.831. The lowest BCUT2D eigenvalue weighted by Gasteiger charge is -2.32. The number of nitrogens with one attached hydrogen (secondary N) is 1. The molecule has 1 amide bonds. The van der Waals surface area contributed by atoms with Crippen LogP contribution in [0.15, 0.2) is 24.3 Å². The van der Waals surface area contributed by atoms with E-state index in [1.807, 2.05) is 31.2 Å². The lowest BCUT2D eigenvalue weighted by molar-refractivity contribution is -0.130. The number of amides is 1. The van der Waals surface area contributed by atoms with E-state index in [-0.39, 0.29) is 12.0 Å². The van der Waals surface area contributed by atoms with E-state index in [4.69, 9.17) is 19.9 Å². The summed E-state index contributed by atoms with van der Waals surface area (Å²) < 4.78 is 16.3. The van der Waals surface area contributed by atoms with Gasteiger partial charge >= 0.3 is 0 Å². The quantitative estimate of drug-likeness (QED) is 0.822. The van der Waals surface area contributed by atoms with Gasteiger partial charge in [0.05, 0.1) is 19.2 Å². The van der Waals surface area contributed by atoms with Gasteiger partial charge in [-0.15, -0.1) is 0 Å². The molecule has 3 N–H and O–H groups in total. The molecule has 0 aromatic heterocycles. The van der Waals surface area contributed by atoms with Crippen LogP contribution in [-0.2, 0) is 9.53 Å². The molecule has 0 saturated carbocycles. The molecule has 122 valence electrons. The van der Waals surface area contributed by atoms with E-state index in [2.05, 4.69) is 5.32 Å². The van der Waals surface area contributed by atoms with Crippen LogP contribution < -0.4 is 20.5 Å². The number of ether oxygens (including phenoxy) is 3. The number of methoxy groups -OCH3 is 1. The standard InChI is InChI=1S/C16H24N2O4/c1-12(22-14-6-4-3-5-13(14)20-2)11-18-15(19)16(17)7-9-21-10-8-16/h3-6,12H,7-11,17H2,1-2H3,(H,18,19). The first-order valence-corrected chi connectivity index (χ1v) is 7.50. The normalized spacial score (nSPS) is 18.3. The van der Waals surface area contributed by atoms with Crippen LogP contribution in [0, 0.1) is 0 Å². The number of carbonyl (C=O) groups is 1. The van der Waals surface area contributed by atoms with Gasteiger partial charge in [-0.3, -0.25) is 4.79 Å². The first-order valence-electron chi connectivity index (χ1n) is 7.50. The zero-order chi connectivity index (χ0) is 16.0. The Morgan fingerprint density at radius 1 is 1.36 bits per heavy atom. The first kappa shape index (κ1) is 16.6. The highest BCUT2D eigenvalue weighted by Crippen LogP contribution is 2.26. The van der Waals surface area contributed by atoms with Crippen molar-refractivity contribution in [3.8, 4) is 11.5 Å². The van der Waals surface area contributed by atoms with E-state index >= 15 is 0 Å². The largest absolute Gasteiger partial charge is 0.493 e. The van der Waals surface area contributed by atoms with Crippen molar-refractivity contribution in [3.05, 3.63) is 24.3 Å². The van der Waals surface area contributed by atoms with Gasteiger partial charge in [0, 0.05) is 13.2 Å². The third kappa shape index (κ3) is 4.11. The zero-order valence-electron chi connectivity index (χ0n) is 13.1. The molecule has 1 unspecified atom stereocenters. The molecule has 6 heteroatoms. The maximum absolute atomic E-state index is 12.2. The second-order valence-corrected chi connectivity index (χ2v) is 5.56. The Hall–Kier alpha value is -1.79. The van der Waals surface area contributed by atoms with Crippen molar-refractivity contribution in [2.75, 3.05) is 26.9 Å². The Morgan fingerprint density at radius 3 is 2.64 bits per heavy atom. The Balaban J connectivity index is 1.84. The number of benzene rings is 1. The third-order valence-corrected chi connectivity index (χ3v) is 3.78. The van der Waals surface area contributed by atoms with E-state index in [1.54, 1.807) is 7.11 Å². The van der Waals surface area contributed by atoms with Gasteiger partial charge in [0.1, 0.15) is 6.10 Å². The van der Waals surface area contributed by atoms with Crippen LogP contribution in [0.25, 0.3) is 0 Å². The summed E-state index contributed by atoms with van der Waals surface area (Å²) in [5.74, 6) is 1.17. The summed E-state index contributed by atoms with van der Waals surface area (Å²) in [5, 5.41) is 2.87. The Morgan fingerprint density at radius 2 is 2.00 bits per heavy atom. The summed E-state index contributed by atoms with van der Waals surface area (Å²) in [7, 11) is 1.60. The monoisotopic (exact) mass is 308 g/mol. The lowest BCUT2D eigenvalue weighted by Crippen LogP contribution is -2.57. The van der Waals surface area contributed by atoms with Crippen molar-refractivity contribution in [1.82, 2.24) is 5.32 Å². The lowest BCUT2D eigenvalue weighted by atomic mass is 9.90. The van der Waals surface area contributed by atoms with E-state index in [0.717, 1.165) is 0 Å². The second kappa shape index (κ2) is 7.47. The number of hydrogen-bond donors (Lipinski definition) is 2. The van der Waals surface area contributed by atoms with Gasteiger partial charge in [-0.25, -0.2) is 0 Å². The van der Waals surface area contributed by atoms with Crippen LogP contribution in [-0.4, -0.2) is 44.4 Å². The number of rotatable bonds is 6. The molecular formula is C16H24N2O4. The Labute approximate surface area is 130 Å². The first-order chi connectivity index (χ1) is 10.5. The topological polar surface area (TPSA) is 82.8 Å². The highest BCUT2D eigenvalue weighted by molar-refractivity contribution is 5.86. The van der Waals surface area contributed by atoms with E-state index in [9.17, 15) is 4.79 Å². The maximum Gasteiger partial charge on any atom is 0.240 e. The highest BCUT2D eigenvalue weighted by Gasteiger charge is 2.35. The molecule has 1 aliphatic heterocycles. The molecule has 0 radical (unpaired) electrons. The average Bonchev–Trinajstić information content (AvgIpc) is 2.53. The molecule has 1 aromatic rings. The summed E-state index contributed by atoms with van der Waals surface area (Å²) in [6.45, 7) is 3.32. The molecule has 1 aromatic carbocycles. The number of carbonyl (C=O) groups excluding carboxylic acids is 1. The molecule has 6 nitrogen and oxygen atoms in total. The molecule has 0 bridgehead atoms. The van der Waals surface area contributed by atoms with Crippen LogP contribution in [0.1, 0.15) is 19.8 Å². The molecule has 1 heterocycles. The van der Waals surface area contributed by atoms with Gasteiger partial charge in [-0.1, -0.05) is 12.1 Å². The number of para-hydroxylation sites is 2. The molecule has 0 spiro atoms. The molecule has 0 aliphatic carbocycles. The van der Waals surface area contributed by atoms with Crippen molar-refractivity contribution >= 4 is 5.91 Å². The summed E-state index contributed by atoms with van der Waals surface area (Å²) in [6.07, 6.45) is 0.893. The van der Waals surface area contributed by atoms with Gasteiger partial charge in [-0.2, -0.15) is 0 Å². The van der Waals surface area contributed by atoms with Crippen molar-refractivity contribution in [1.29, 1.82) is 0 Å². The van der Waals surface area contributed by atoms with Gasteiger partial charge in [-0.05, 0) is 31.9 Å². The van der Waals surface area contributed by atoms with Crippen molar-refractivity contribution in [2.45, 2.75) is 31.4 Å². The molecular weight excluding hydrogens is 284 g/mol. The Bertz CT molecular complexity index is 501. The van der Waals surface area contributed by atoms with Gasteiger partial charge in [0.2, 0.25) is 5.91 Å². The Kier molecular flexibility index (Phi) is 5.63. The predicted octanol–water partition coefficient (Wildman–Crippen LogP) is 1.09. The van der Waals surface area contributed by atoms with Crippen LogP contribution in [0.4, 0.5) is 0 Å². The highest BCUT2D eigenvalue weighted by atomic mass is 16.5. The van der Waals surface area contributed by atoms with Crippen molar-refractivity contribution in [3.63, 3.8) is 0 Å². The summed E-state index contributed by atoms with van der Waals surface area (Å²) in [4.78, 5) is 12.2. The molecule has 1 aliphatic rings. The summed E-state index contributed by atoms with van der Waals surface area (Å²) in [6, 6.07) is 7.42. The van der Waals surface area contributed by atoms with Crippen LogP contribution in [0.2, 0.25) is 0 Å². The van der Waals surface area contributed by atoms with Gasteiger partial charge in [0.25, 0.3) is 0 Å². The van der Waals surface area contributed by atoms with Gasteiger partial charge in [0.15, 0.2) is 11.5 Å². The predicted molar refractivity (Wildman–Crippen MR) is 83.1 cm³/mol. The minimum Gasteiger partial charge on any atom is -0.493 e. The fourth-order valence-electron chi connectivity index (χ4n) is 2.35. The SMILES string of the molecule is COc1ccccc1OC(C)CNC(=O)C1(N)CCOCC1. The van der Waals surface area contributed by atoms with Crippen LogP contribution in [0.5, 0.6) is 11.5 Å². The number of nitrogens with two attached hydrogens (primary N) is 1. The molecule has 1 atom stereocenters. The van der Waals surface area contributed by atoms with Crippen LogP contribution >= 0.6 is 0 Å². The van der Waals surface area contributed by atoms with E-state index in [1.165, 1.54) is 0 Å². The zero-order valence-corrected chi connectivity index (χ0v) is 13.1. The third-order valence-electron chi connectivity index (χ3n) is 3.78. The van der Waals surface area contributed by atoms with E-state index < -0.39 is 5.54 Å². The van der Waals surface area contributed by atoms with Gasteiger partial charge < -0.3 is 25.3 Å². The van der Waals surface area contributed by atoms with Crippen molar-refractivity contribution < 1.29 is 19.0 Å². The molecule has 2 rings (SSSR count). The summed E-state index contributed by atoms with van der Waals surface area (Å²) >= 11 is 0. The fourth-order valence-corrected chi connectivity index (χ4v) is 2.35. The van der Waals surface area contributed by atoms with E-state index in [0.29, 0.717) is 44.1 Å². The number of hydrogen-bond acceptors (Lipinski definition) is 5. The van der Waals surface area contributed by atoms with Crippen LogP contribution in [0.3, 0.4) is 0 Å². The average molecular weight is 308 g/mol. The minimum absolute atomic E-state index is 0.147. The molecule has 1 saturated heterocycles. The molecule has 1 fully saturated rings.